The third kappa shape index (κ3) is 2.20. The number of rotatable bonds is 1. The van der Waals surface area contributed by atoms with Gasteiger partial charge in [-0.15, -0.1) is 0 Å². The van der Waals surface area contributed by atoms with Crippen molar-refractivity contribution in [2.75, 3.05) is 0 Å². The summed E-state index contributed by atoms with van der Waals surface area (Å²) in [6.07, 6.45) is 5.41. The van der Waals surface area contributed by atoms with Gasteiger partial charge in [-0.2, -0.15) is 0 Å². The van der Waals surface area contributed by atoms with Crippen LogP contribution in [0.4, 0.5) is 0 Å². The minimum Gasteiger partial charge on any atom is -0.412 e. The molecule has 1 rings (SSSR count). The third-order valence-corrected chi connectivity index (χ3v) is 2.66. The van der Waals surface area contributed by atoms with Crippen molar-refractivity contribution in [3.63, 3.8) is 0 Å². The molecule has 0 saturated heterocycles. The zero-order valence-electron chi connectivity index (χ0n) is 7.88. The van der Waals surface area contributed by atoms with E-state index in [0.717, 1.165) is 0 Å². The lowest BCUT2D eigenvalue weighted by Crippen LogP contribution is -2.21. The minimum absolute atomic E-state index is 0.0504. The Morgan fingerprint density at radius 2 is 2.07 bits per heavy atom. The van der Waals surface area contributed by atoms with Gasteiger partial charge < -0.3 is 4.74 Å². The topological polar surface area (TPSA) is 26.3 Å². The van der Waals surface area contributed by atoms with Crippen molar-refractivity contribution in [3.8, 4) is 0 Å². The van der Waals surface area contributed by atoms with Crippen LogP contribution in [0.5, 0.6) is 0 Å². The molecule has 1 aliphatic rings. The zero-order valence-corrected chi connectivity index (χ0v) is 9.39. The highest BCUT2D eigenvalue weighted by molar-refractivity contribution is 6.41. The summed E-state index contributed by atoms with van der Waals surface area (Å²) in [5.74, 6) is -0.753. The molecular formula is C10H10Cl2O2. The number of allylic oxidation sites excluding steroid dienone is 4. The Morgan fingerprint density at radius 1 is 1.43 bits per heavy atom. The summed E-state index contributed by atoms with van der Waals surface area (Å²) < 4.78 is 4.73. The van der Waals surface area contributed by atoms with Crippen molar-refractivity contribution in [2.45, 2.75) is 13.8 Å². The highest BCUT2D eigenvalue weighted by Gasteiger charge is 2.29. The van der Waals surface area contributed by atoms with Gasteiger partial charge in [0.25, 0.3) is 0 Å². The minimum atomic E-state index is -0.379. The Kier molecular flexibility index (Phi) is 3.78. The molecule has 0 amide bonds. The van der Waals surface area contributed by atoms with Crippen LogP contribution in [0, 0.1) is 5.92 Å². The van der Waals surface area contributed by atoms with Crippen LogP contribution in [0.1, 0.15) is 13.8 Å². The molecule has 0 aromatic rings. The summed E-state index contributed by atoms with van der Waals surface area (Å²) in [6, 6.07) is 0. The van der Waals surface area contributed by atoms with Crippen LogP contribution < -0.4 is 0 Å². The van der Waals surface area contributed by atoms with Gasteiger partial charge in [0.15, 0.2) is 0 Å². The van der Waals surface area contributed by atoms with Gasteiger partial charge in [0.2, 0.25) is 5.22 Å². The Bertz CT molecular complexity index is 340. The Hall–Kier alpha value is -0.730. The predicted molar refractivity (Wildman–Crippen MR) is 56.9 cm³/mol. The van der Waals surface area contributed by atoms with E-state index >= 15 is 0 Å². The maximum atomic E-state index is 11.3. The molecule has 0 spiro atoms. The maximum Gasteiger partial charge on any atom is 0.319 e. The first-order valence-electron chi connectivity index (χ1n) is 4.18. The molecule has 1 aliphatic heterocycles. The molecule has 0 bridgehead atoms. The number of esters is 1. The standard InChI is InChI=1S/C10H10Cl2O2/c1-3-4-5-7-6(2)10(13)14-9(12)8(7)11/h3-6H,1-2H3/b4-3-,7-5+. The zero-order chi connectivity index (χ0) is 10.7. The summed E-state index contributed by atoms with van der Waals surface area (Å²) in [5.41, 5.74) is 0.686. The van der Waals surface area contributed by atoms with Gasteiger partial charge >= 0.3 is 5.97 Å². The number of ether oxygens (including phenoxy) is 1. The first kappa shape index (κ1) is 11.3. The summed E-state index contributed by atoms with van der Waals surface area (Å²) >= 11 is 11.5. The molecule has 0 N–H and O–H groups in total. The smallest absolute Gasteiger partial charge is 0.319 e. The van der Waals surface area contributed by atoms with Crippen LogP contribution in [0.15, 0.2) is 34.1 Å². The largest absolute Gasteiger partial charge is 0.412 e. The fourth-order valence-electron chi connectivity index (χ4n) is 1.07. The van der Waals surface area contributed by atoms with Crippen LogP contribution >= 0.6 is 23.2 Å². The van der Waals surface area contributed by atoms with Gasteiger partial charge in [-0.05, 0) is 31.0 Å². The number of halogens is 2. The third-order valence-electron chi connectivity index (χ3n) is 1.90. The molecule has 1 unspecified atom stereocenters. The first-order valence-corrected chi connectivity index (χ1v) is 4.93. The first-order chi connectivity index (χ1) is 6.57. The van der Waals surface area contributed by atoms with Gasteiger partial charge in [0.05, 0.1) is 11.0 Å². The summed E-state index contributed by atoms with van der Waals surface area (Å²) in [4.78, 5) is 11.3. The average Bonchev–Trinajstić information content (AvgIpc) is 2.15. The molecular weight excluding hydrogens is 223 g/mol. The maximum absolute atomic E-state index is 11.3. The van der Waals surface area contributed by atoms with Crippen molar-refractivity contribution in [1.29, 1.82) is 0 Å². The molecule has 76 valence electrons. The lowest BCUT2D eigenvalue weighted by molar-refractivity contribution is -0.142. The Balaban J connectivity index is 3.12. The Labute approximate surface area is 92.8 Å². The molecule has 0 fully saturated rings. The summed E-state index contributed by atoms with van der Waals surface area (Å²) in [6.45, 7) is 3.60. The second kappa shape index (κ2) is 4.67. The summed E-state index contributed by atoms with van der Waals surface area (Å²) in [5, 5.41) is 0.252. The van der Waals surface area contributed by atoms with E-state index in [-0.39, 0.29) is 17.1 Å². The van der Waals surface area contributed by atoms with Crippen LogP contribution in [0.3, 0.4) is 0 Å². The molecule has 0 radical (unpaired) electrons. The number of carbonyl (C=O) groups excluding carboxylic acids is 1. The van der Waals surface area contributed by atoms with Crippen molar-refractivity contribution < 1.29 is 9.53 Å². The van der Waals surface area contributed by atoms with E-state index in [9.17, 15) is 4.79 Å². The molecule has 0 saturated carbocycles. The molecule has 4 heteroatoms. The number of hydrogen-bond acceptors (Lipinski definition) is 2. The number of carbonyl (C=O) groups is 1. The van der Waals surface area contributed by atoms with Crippen LogP contribution in [0.2, 0.25) is 0 Å². The van der Waals surface area contributed by atoms with E-state index < -0.39 is 0 Å². The average molecular weight is 233 g/mol. The van der Waals surface area contributed by atoms with E-state index in [1.807, 2.05) is 13.0 Å². The van der Waals surface area contributed by atoms with Crippen molar-refractivity contribution in [3.05, 3.63) is 34.1 Å². The fraction of sp³-hybridized carbons (Fsp3) is 0.300. The molecule has 1 heterocycles. The van der Waals surface area contributed by atoms with Crippen LogP contribution in [-0.2, 0) is 9.53 Å². The molecule has 2 nitrogen and oxygen atoms in total. The van der Waals surface area contributed by atoms with Crippen molar-refractivity contribution in [2.24, 2.45) is 5.92 Å². The fourth-order valence-corrected chi connectivity index (χ4v) is 1.52. The van der Waals surface area contributed by atoms with E-state index in [1.54, 1.807) is 19.1 Å². The highest BCUT2D eigenvalue weighted by Crippen LogP contribution is 2.34. The summed E-state index contributed by atoms with van der Waals surface area (Å²) in [7, 11) is 0. The quantitative estimate of drug-likeness (QED) is 0.649. The molecule has 14 heavy (non-hydrogen) atoms. The van der Waals surface area contributed by atoms with E-state index in [2.05, 4.69) is 0 Å². The molecule has 0 aliphatic carbocycles. The van der Waals surface area contributed by atoms with Crippen molar-refractivity contribution >= 4 is 29.2 Å². The SMILES string of the molecule is C/C=C\C=C1\C(Cl)=C(Cl)OC(=O)C1C. The monoisotopic (exact) mass is 232 g/mol. The van der Waals surface area contributed by atoms with Gasteiger partial charge in [-0.3, -0.25) is 4.79 Å². The van der Waals surface area contributed by atoms with E-state index in [0.29, 0.717) is 10.6 Å². The van der Waals surface area contributed by atoms with Crippen LogP contribution in [-0.4, -0.2) is 5.97 Å². The van der Waals surface area contributed by atoms with Gasteiger partial charge in [-0.1, -0.05) is 29.8 Å². The van der Waals surface area contributed by atoms with E-state index in [4.69, 9.17) is 27.9 Å². The lowest BCUT2D eigenvalue weighted by Gasteiger charge is -2.20. The van der Waals surface area contributed by atoms with E-state index in [1.165, 1.54) is 0 Å². The molecule has 0 aromatic heterocycles. The second-order valence-electron chi connectivity index (χ2n) is 2.88. The Morgan fingerprint density at radius 3 is 2.64 bits per heavy atom. The number of hydrogen-bond donors (Lipinski definition) is 0. The highest BCUT2D eigenvalue weighted by atomic mass is 35.5. The second-order valence-corrected chi connectivity index (χ2v) is 3.60. The van der Waals surface area contributed by atoms with Gasteiger partial charge in [0, 0.05) is 0 Å². The van der Waals surface area contributed by atoms with Crippen LogP contribution in [0.25, 0.3) is 0 Å². The van der Waals surface area contributed by atoms with Gasteiger partial charge in [0.1, 0.15) is 0 Å². The number of cyclic esters (lactones) is 1. The predicted octanol–water partition coefficient (Wildman–Crippen LogP) is 3.33. The molecule has 1 atom stereocenters. The van der Waals surface area contributed by atoms with Crippen molar-refractivity contribution in [1.82, 2.24) is 0 Å². The normalized spacial score (nSPS) is 26.1. The van der Waals surface area contributed by atoms with Gasteiger partial charge in [-0.25, -0.2) is 0 Å². The lowest BCUT2D eigenvalue weighted by atomic mass is 9.99. The molecule has 0 aromatic carbocycles.